The molecule has 0 aliphatic heterocycles. The zero-order valence-electron chi connectivity index (χ0n) is 14.0. The van der Waals surface area contributed by atoms with E-state index in [0.717, 1.165) is 12.1 Å². The number of amides is 1. The number of carboxylic acid groups (broad SMARTS) is 1. The summed E-state index contributed by atoms with van der Waals surface area (Å²) in [5, 5.41) is 11.9. The Balaban J connectivity index is 2.04. The quantitative estimate of drug-likeness (QED) is 0.838. The normalized spacial score (nSPS) is 11.2. The minimum Gasteiger partial charge on any atom is -0.478 e. The van der Waals surface area contributed by atoms with Gasteiger partial charge in [-0.2, -0.15) is 0 Å². The molecular formula is C19H19F2NO3. The molecule has 0 atom stereocenters. The third kappa shape index (κ3) is 4.62. The van der Waals surface area contributed by atoms with Gasteiger partial charge in [-0.25, -0.2) is 13.6 Å². The molecule has 6 heteroatoms. The maximum absolute atomic E-state index is 13.4. The molecular weight excluding hydrogens is 328 g/mol. The van der Waals surface area contributed by atoms with E-state index in [1.807, 2.05) is 0 Å². The van der Waals surface area contributed by atoms with Crippen molar-refractivity contribution in [2.45, 2.75) is 32.2 Å². The monoisotopic (exact) mass is 347 g/mol. The lowest BCUT2D eigenvalue weighted by atomic mass is 9.93. The zero-order chi connectivity index (χ0) is 18.6. The molecule has 0 saturated heterocycles. The number of rotatable bonds is 6. The van der Waals surface area contributed by atoms with Gasteiger partial charge in [-0.3, -0.25) is 4.79 Å². The van der Waals surface area contributed by atoms with Crippen molar-refractivity contribution in [2.24, 2.45) is 0 Å². The van der Waals surface area contributed by atoms with Crippen LogP contribution in [0, 0.1) is 11.6 Å². The number of halogens is 2. The molecule has 0 aliphatic rings. The van der Waals surface area contributed by atoms with Crippen molar-refractivity contribution < 1.29 is 23.5 Å². The number of carboxylic acids is 1. The number of carbonyl (C=O) groups excluding carboxylic acids is 1. The van der Waals surface area contributed by atoms with Crippen LogP contribution in [-0.2, 0) is 16.8 Å². The van der Waals surface area contributed by atoms with Crippen molar-refractivity contribution in [1.29, 1.82) is 0 Å². The van der Waals surface area contributed by atoms with Crippen LogP contribution < -0.4 is 5.32 Å². The summed E-state index contributed by atoms with van der Waals surface area (Å²) in [5.41, 5.74) is 0.273. The van der Waals surface area contributed by atoms with Gasteiger partial charge in [0.15, 0.2) is 11.6 Å². The molecule has 2 N–H and O–H groups in total. The van der Waals surface area contributed by atoms with Crippen LogP contribution in [0.5, 0.6) is 0 Å². The topological polar surface area (TPSA) is 66.4 Å². The fraction of sp³-hybridized carbons (Fsp3) is 0.263. The van der Waals surface area contributed by atoms with Gasteiger partial charge in [0, 0.05) is 6.42 Å². The molecule has 4 nitrogen and oxygen atoms in total. The summed E-state index contributed by atoms with van der Waals surface area (Å²) in [4.78, 5) is 23.4. The first kappa shape index (κ1) is 18.6. The van der Waals surface area contributed by atoms with Crippen LogP contribution in [0.1, 0.15) is 41.8 Å². The maximum atomic E-state index is 13.4. The number of carbonyl (C=O) groups is 2. The van der Waals surface area contributed by atoms with Crippen LogP contribution in [0.2, 0.25) is 0 Å². The second kappa shape index (κ2) is 7.42. The van der Waals surface area contributed by atoms with Crippen LogP contribution in [0.15, 0.2) is 42.5 Å². The highest BCUT2D eigenvalue weighted by atomic mass is 19.2. The Bertz CT molecular complexity index is 803. The van der Waals surface area contributed by atoms with E-state index in [4.69, 9.17) is 5.11 Å². The summed E-state index contributed by atoms with van der Waals surface area (Å²) in [6, 6.07) is 9.97. The lowest BCUT2D eigenvalue weighted by Gasteiger charge is -2.27. The number of aryl methyl sites for hydroxylation is 1. The van der Waals surface area contributed by atoms with Crippen LogP contribution in [0.25, 0.3) is 0 Å². The average Bonchev–Trinajstić information content (AvgIpc) is 2.55. The number of nitrogens with one attached hydrogen (secondary N) is 1. The van der Waals surface area contributed by atoms with Gasteiger partial charge >= 0.3 is 5.97 Å². The van der Waals surface area contributed by atoms with Crippen LogP contribution in [-0.4, -0.2) is 17.0 Å². The molecule has 1 amide bonds. The van der Waals surface area contributed by atoms with E-state index in [0.29, 0.717) is 11.1 Å². The lowest BCUT2D eigenvalue weighted by Crippen LogP contribution is -2.41. The third-order valence-electron chi connectivity index (χ3n) is 3.96. The van der Waals surface area contributed by atoms with Gasteiger partial charge in [0.25, 0.3) is 0 Å². The predicted octanol–water partition coefficient (Wildman–Crippen LogP) is 3.65. The lowest BCUT2D eigenvalue weighted by molar-refractivity contribution is -0.122. The first-order valence-corrected chi connectivity index (χ1v) is 7.78. The van der Waals surface area contributed by atoms with Gasteiger partial charge in [0.2, 0.25) is 5.91 Å². The van der Waals surface area contributed by atoms with Gasteiger partial charge in [-0.05, 0) is 49.6 Å². The third-order valence-corrected chi connectivity index (χ3v) is 3.96. The molecule has 2 rings (SSSR count). The van der Waals surface area contributed by atoms with Crippen molar-refractivity contribution in [3.05, 3.63) is 70.8 Å². The largest absolute Gasteiger partial charge is 0.478 e. The number of hydrogen-bond acceptors (Lipinski definition) is 2. The van der Waals surface area contributed by atoms with Crippen molar-refractivity contribution in [1.82, 2.24) is 5.32 Å². The van der Waals surface area contributed by atoms with E-state index >= 15 is 0 Å². The first-order valence-electron chi connectivity index (χ1n) is 7.78. The Morgan fingerprint density at radius 1 is 1.08 bits per heavy atom. The molecule has 0 aliphatic carbocycles. The fourth-order valence-corrected chi connectivity index (χ4v) is 2.56. The highest BCUT2D eigenvalue weighted by Crippen LogP contribution is 2.22. The molecule has 25 heavy (non-hydrogen) atoms. The van der Waals surface area contributed by atoms with Gasteiger partial charge in [0.05, 0.1) is 11.1 Å². The van der Waals surface area contributed by atoms with E-state index < -0.39 is 23.1 Å². The minimum atomic E-state index is -1.04. The Morgan fingerprint density at radius 3 is 2.40 bits per heavy atom. The predicted molar refractivity (Wildman–Crippen MR) is 89.2 cm³/mol. The van der Waals surface area contributed by atoms with E-state index in [1.165, 1.54) is 12.1 Å². The molecule has 0 radical (unpaired) electrons. The molecule has 0 unspecified atom stereocenters. The smallest absolute Gasteiger partial charge is 0.335 e. The summed E-state index contributed by atoms with van der Waals surface area (Å²) >= 11 is 0. The molecule has 2 aromatic carbocycles. The van der Waals surface area contributed by atoms with Gasteiger partial charge in [-0.1, -0.05) is 24.3 Å². The molecule has 0 heterocycles. The van der Waals surface area contributed by atoms with E-state index in [9.17, 15) is 18.4 Å². The van der Waals surface area contributed by atoms with Gasteiger partial charge in [0.1, 0.15) is 0 Å². The molecule has 0 bridgehead atoms. The standard InChI is InChI=1S/C19H19F2NO3/c1-19(2,13-8-9-15(20)16(21)11-13)22-17(23)10-7-12-5-3-4-6-14(12)18(24)25/h3-6,8-9,11H,7,10H2,1-2H3,(H,22,23)(H,24,25). The zero-order valence-corrected chi connectivity index (χ0v) is 14.0. The second-order valence-corrected chi connectivity index (χ2v) is 6.26. The van der Waals surface area contributed by atoms with E-state index in [-0.39, 0.29) is 24.3 Å². The van der Waals surface area contributed by atoms with Crippen molar-refractivity contribution in [2.75, 3.05) is 0 Å². The Morgan fingerprint density at radius 2 is 1.76 bits per heavy atom. The maximum Gasteiger partial charge on any atom is 0.335 e. The number of aromatic carboxylic acids is 1. The van der Waals surface area contributed by atoms with Crippen molar-refractivity contribution >= 4 is 11.9 Å². The summed E-state index contributed by atoms with van der Waals surface area (Å²) in [6.07, 6.45) is 0.347. The molecule has 0 aromatic heterocycles. The van der Waals surface area contributed by atoms with Crippen LogP contribution >= 0.6 is 0 Å². The summed E-state index contributed by atoms with van der Waals surface area (Å²) in [6.45, 7) is 3.37. The van der Waals surface area contributed by atoms with Crippen LogP contribution in [0.3, 0.4) is 0 Å². The molecule has 132 valence electrons. The van der Waals surface area contributed by atoms with Crippen molar-refractivity contribution in [3.8, 4) is 0 Å². The minimum absolute atomic E-state index is 0.0808. The highest BCUT2D eigenvalue weighted by molar-refractivity contribution is 5.89. The molecule has 0 saturated carbocycles. The summed E-state index contributed by atoms with van der Waals surface area (Å²) in [7, 11) is 0. The molecule has 0 fully saturated rings. The van der Waals surface area contributed by atoms with Crippen molar-refractivity contribution in [3.63, 3.8) is 0 Å². The summed E-state index contributed by atoms with van der Waals surface area (Å²) < 4.78 is 26.4. The fourth-order valence-electron chi connectivity index (χ4n) is 2.56. The van der Waals surface area contributed by atoms with Gasteiger partial charge in [-0.15, -0.1) is 0 Å². The molecule has 0 spiro atoms. The van der Waals surface area contributed by atoms with Crippen LogP contribution in [0.4, 0.5) is 8.78 Å². The Labute approximate surface area is 144 Å². The van der Waals surface area contributed by atoms with Gasteiger partial charge < -0.3 is 10.4 Å². The van der Waals surface area contributed by atoms with E-state index in [2.05, 4.69) is 5.32 Å². The number of benzene rings is 2. The highest BCUT2D eigenvalue weighted by Gasteiger charge is 2.24. The Kier molecular flexibility index (Phi) is 5.51. The summed E-state index contributed by atoms with van der Waals surface area (Å²) in [5.74, 6) is -3.28. The second-order valence-electron chi connectivity index (χ2n) is 6.26. The molecule has 2 aromatic rings. The first-order chi connectivity index (χ1) is 11.7. The SMILES string of the molecule is CC(C)(NC(=O)CCc1ccccc1C(=O)O)c1ccc(F)c(F)c1. The number of hydrogen-bond donors (Lipinski definition) is 2. The average molecular weight is 347 g/mol. The Hall–Kier alpha value is -2.76. The van der Waals surface area contributed by atoms with E-state index in [1.54, 1.807) is 32.0 Å².